The van der Waals surface area contributed by atoms with Crippen molar-refractivity contribution in [1.82, 2.24) is 4.90 Å². The highest BCUT2D eigenvalue weighted by molar-refractivity contribution is 6.21. The third kappa shape index (κ3) is 2.42. The van der Waals surface area contributed by atoms with Crippen molar-refractivity contribution in [3.63, 3.8) is 0 Å². The Morgan fingerprint density at radius 2 is 1.80 bits per heavy atom. The molecule has 1 aliphatic rings. The molecular formula is C14H15NO5. The number of amides is 2. The number of fused-ring (bicyclic) bond motifs is 1. The van der Waals surface area contributed by atoms with Crippen molar-refractivity contribution in [1.29, 1.82) is 0 Å². The van der Waals surface area contributed by atoms with Gasteiger partial charge in [-0.15, -0.1) is 0 Å². The Kier molecular flexibility index (Phi) is 4.14. The molecule has 1 atom stereocenters. The van der Waals surface area contributed by atoms with Crippen LogP contribution in [0.4, 0.5) is 0 Å². The Bertz CT molecular complexity index is 519. The van der Waals surface area contributed by atoms with Crippen LogP contribution in [0.3, 0.4) is 0 Å². The lowest BCUT2D eigenvalue weighted by Gasteiger charge is -2.24. The maximum atomic E-state index is 12.3. The molecule has 20 heavy (non-hydrogen) atoms. The fourth-order valence-corrected chi connectivity index (χ4v) is 2.39. The molecule has 0 fully saturated rings. The normalized spacial score (nSPS) is 15.2. The molecule has 1 unspecified atom stereocenters. The molecule has 0 bridgehead atoms. The van der Waals surface area contributed by atoms with Gasteiger partial charge in [-0.1, -0.05) is 19.1 Å². The first-order valence-corrected chi connectivity index (χ1v) is 6.41. The van der Waals surface area contributed by atoms with Crippen LogP contribution in [0, 0.1) is 0 Å². The second-order valence-electron chi connectivity index (χ2n) is 4.59. The largest absolute Gasteiger partial charge is 0.342 e. The Balaban J connectivity index is 2.18. The molecule has 1 aromatic rings. The summed E-state index contributed by atoms with van der Waals surface area (Å²) in [6, 6.07) is 6.26. The van der Waals surface area contributed by atoms with Gasteiger partial charge in [0.2, 0.25) is 0 Å². The van der Waals surface area contributed by atoms with Crippen LogP contribution in [0.15, 0.2) is 24.3 Å². The standard InChI is InChI=1S/C14H15NO5/c1-2-9(7-8-12(16)20-19)15-13(17)10-5-3-4-6-11(10)14(15)18/h3-6,9,19H,2,7-8H2,1H3. The van der Waals surface area contributed by atoms with Crippen molar-refractivity contribution in [2.45, 2.75) is 32.2 Å². The van der Waals surface area contributed by atoms with E-state index in [9.17, 15) is 14.4 Å². The quantitative estimate of drug-likeness (QED) is 0.504. The molecule has 0 aromatic heterocycles. The average Bonchev–Trinajstić information content (AvgIpc) is 2.73. The summed E-state index contributed by atoms with van der Waals surface area (Å²) in [4.78, 5) is 40.3. The van der Waals surface area contributed by atoms with E-state index in [4.69, 9.17) is 5.26 Å². The van der Waals surface area contributed by atoms with Crippen LogP contribution >= 0.6 is 0 Å². The van der Waals surface area contributed by atoms with E-state index in [1.54, 1.807) is 24.3 Å². The van der Waals surface area contributed by atoms with E-state index in [2.05, 4.69) is 4.89 Å². The highest BCUT2D eigenvalue weighted by Gasteiger charge is 2.39. The van der Waals surface area contributed by atoms with E-state index >= 15 is 0 Å². The molecular weight excluding hydrogens is 262 g/mol. The fourth-order valence-electron chi connectivity index (χ4n) is 2.39. The summed E-state index contributed by atoms with van der Waals surface area (Å²) in [6.45, 7) is 1.83. The number of hydrogen-bond donors (Lipinski definition) is 1. The van der Waals surface area contributed by atoms with Crippen molar-refractivity contribution >= 4 is 17.8 Å². The predicted octanol–water partition coefficient (Wildman–Crippen LogP) is 1.86. The summed E-state index contributed by atoms with van der Waals surface area (Å²) in [7, 11) is 0. The minimum atomic E-state index is -0.778. The van der Waals surface area contributed by atoms with Gasteiger partial charge in [-0.25, -0.2) is 4.79 Å². The van der Waals surface area contributed by atoms with Crippen LogP contribution in [-0.2, 0) is 9.68 Å². The Morgan fingerprint density at radius 1 is 1.25 bits per heavy atom. The topological polar surface area (TPSA) is 83.9 Å². The number of carbonyl (C=O) groups is 3. The van der Waals surface area contributed by atoms with Crippen molar-refractivity contribution < 1.29 is 24.5 Å². The number of imide groups is 1. The maximum absolute atomic E-state index is 12.3. The van der Waals surface area contributed by atoms with Gasteiger partial charge in [0.25, 0.3) is 11.8 Å². The average molecular weight is 277 g/mol. The fraction of sp³-hybridized carbons (Fsp3) is 0.357. The number of rotatable bonds is 5. The third-order valence-corrected chi connectivity index (χ3v) is 3.45. The molecule has 2 amide bonds. The third-order valence-electron chi connectivity index (χ3n) is 3.45. The lowest BCUT2D eigenvalue weighted by Crippen LogP contribution is -2.39. The van der Waals surface area contributed by atoms with E-state index in [1.165, 1.54) is 4.90 Å². The lowest BCUT2D eigenvalue weighted by atomic mass is 10.1. The SMILES string of the molecule is CCC(CCC(=O)OO)N1C(=O)c2ccccc2C1=O. The summed E-state index contributed by atoms with van der Waals surface area (Å²) in [5.41, 5.74) is 0.779. The monoisotopic (exact) mass is 277 g/mol. The zero-order valence-corrected chi connectivity index (χ0v) is 11.0. The second-order valence-corrected chi connectivity index (χ2v) is 4.59. The van der Waals surface area contributed by atoms with Gasteiger partial charge in [-0.3, -0.25) is 14.5 Å². The van der Waals surface area contributed by atoms with Crippen LogP contribution in [0.1, 0.15) is 46.9 Å². The summed E-state index contributed by atoms with van der Waals surface area (Å²) in [5.74, 6) is -1.45. The van der Waals surface area contributed by atoms with Crippen LogP contribution in [0.5, 0.6) is 0 Å². The van der Waals surface area contributed by atoms with Gasteiger partial charge >= 0.3 is 5.97 Å². The van der Waals surface area contributed by atoms with Gasteiger partial charge in [0, 0.05) is 6.04 Å². The van der Waals surface area contributed by atoms with Gasteiger partial charge in [0.15, 0.2) is 0 Å². The van der Waals surface area contributed by atoms with Crippen LogP contribution in [0.25, 0.3) is 0 Å². The first-order valence-electron chi connectivity index (χ1n) is 6.41. The van der Waals surface area contributed by atoms with Gasteiger partial charge in [0.05, 0.1) is 17.5 Å². The van der Waals surface area contributed by atoms with Crippen molar-refractivity contribution in [2.75, 3.05) is 0 Å². The minimum Gasteiger partial charge on any atom is -0.301 e. The summed E-state index contributed by atoms with van der Waals surface area (Å²) >= 11 is 0. The van der Waals surface area contributed by atoms with Gasteiger partial charge < -0.3 is 4.89 Å². The maximum Gasteiger partial charge on any atom is 0.342 e. The Labute approximate surface area is 115 Å². The molecule has 2 rings (SSSR count). The zero-order chi connectivity index (χ0) is 14.7. The van der Waals surface area contributed by atoms with Crippen LogP contribution in [-0.4, -0.2) is 34.0 Å². The lowest BCUT2D eigenvalue weighted by molar-refractivity contribution is -0.234. The van der Waals surface area contributed by atoms with Crippen LogP contribution < -0.4 is 0 Å². The summed E-state index contributed by atoms with van der Waals surface area (Å²) in [6.07, 6.45) is 0.744. The van der Waals surface area contributed by atoms with Crippen molar-refractivity contribution in [2.24, 2.45) is 0 Å². The summed E-state index contributed by atoms with van der Waals surface area (Å²) < 4.78 is 0. The zero-order valence-electron chi connectivity index (χ0n) is 11.0. The minimum absolute atomic E-state index is 0.0532. The number of nitrogens with zero attached hydrogens (tertiary/aromatic N) is 1. The predicted molar refractivity (Wildman–Crippen MR) is 69.0 cm³/mol. The number of carbonyl (C=O) groups excluding carboxylic acids is 3. The van der Waals surface area contributed by atoms with E-state index in [-0.39, 0.29) is 30.7 Å². The smallest absolute Gasteiger partial charge is 0.301 e. The molecule has 1 aromatic carbocycles. The Hall–Kier alpha value is -2.21. The second kappa shape index (κ2) is 5.83. The molecule has 0 radical (unpaired) electrons. The van der Waals surface area contributed by atoms with E-state index in [1.807, 2.05) is 6.92 Å². The van der Waals surface area contributed by atoms with E-state index in [0.717, 1.165) is 0 Å². The molecule has 0 saturated heterocycles. The molecule has 1 heterocycles. The van der Waals surface area contributed by atoms with Crippen LogP contribution in [0.2, 0.25) is 0 Å². The molecule has 6 heteroatoms. The highest BCUT2D eigenvalue weighted by atomic mass is 17.1. The molecule has 1 aliphatic heterocycles. The van der Waals surface area contributed by atoms with Gasteiger partial charge in [0.1, 0.15) is 0 Å². The molecule has 0 spiro atoms. The molecule has 0 saturated carbocycles. The molecule has 6 nitrogen and oxygen atoms in total. The van der Waals surface area contributed by atoms with E-state index < -0.39 is 5.97 Å². The first-order chi connectivity index (χ1) is 9.60. The van der Waals surface area contributed by atoms with Crippen molar-refractivity contribution in [3.8, 4) is 0 Å². The van der Waals surface area contributed by atoms with Gasteiger partial charge in [-0.2, -0.15) is 5.26 Å². The van der Waals surface area contributed by atoms with Gasteiger partial charge in [-0.05, 0) is 25.0 Å². The molecule has 0 aliphatic carbocycles. The van der Waals surface area contributed by atoms with E-state index in [0.29, 0.717) is 17.5 Å². The summed E-state index contributed by atoms with van der Waals surface area (Å²) in [5, 5.41) is 8.23. The first kappa shape index (κ1) is 14.2. The number of benzene rings is 1. The number of hydrogen-bond acceptors (Lipinski definition) is 5. The highest BCUT2D eigenvalue weighted by Crippen LogP contribution is 2.27. The molecule has 1 N–H and O–H groups in total. The van der Waals surface area contributed by atoms with Crippen molar-refractivity contribution in [3.05, 3.63) is 35.4 Å². The Morgan fingerprint density at radius 3 is 2.25 bits per heavy atom. The molecule has 106 valence electrons.